The highest BCUT2D eigenvalue weighted by Gasteiger charge is 2.30. The van der Waals surface area contributed by atoms with Gasteiger partial charge in [0.05, 0.1) is 0 Å². The van der Waals surface area contributed by atoms with Gasteiger partial charge in [-0.15, -0.1) is 6.58 Å². The second-order valence-electron chi connectivity index (χ2n) is 4.54. The summed E-state index contributed by atoms with van der Waals surface area (Å²) in [4.78, 5) is 0. The molecule has 1 nitrogen and oxygen atoms in total. The molecule has 1 aliphatic rings. The van der Waals surface area contributed by atoms with Crippen LogP contribution in [0.5, 0.6) is 0 Å². The Hall–Kier alpha value is -0.820. The van der Waals surface area contributed by atoms with E-state index < -0.39 is 0 Å². The largest absolute Gasteiger partial charge is 0.328 e. The maximum atomic E-state index is 5.84. The van der Waals surface area contributed by atoms with E-state index >= 15 is 0 Å². The summed E-state index contributed by atoms with van der Waals surface area (Å²) < 4.78 is 0. The van der Waals surface area contributed by atoms with Crippen LogP contribution in [0.15, 0.2) is 37.5 Å². The number of hydrogen-bond acceptors (Lipinski definition) is 1. The van der Waals surface area contributed by atoms with Crippen LogP contribution in [0.1, 0.15) is 67.2 Å². The van der Waals surface area contributed by atoms with E-state index in [4.69, 9.17) is 5.73 Å². The molecule has 1 heteroatoms. The summed E-state index contributed by atoms with van der Waals surface area (Å²) in [6, 6.07) is 0.413. The summed E-state index contributed by atoms with van der Waals surface area (Å²) in [5, 5.41) is 0. The van der Waals surface area contributed by atoms with Gasteiger partial charge in [0.15, 0.2) is 0 Å². The van der Waals surface area contributed by atoms with Crippen LogP contribution in [0.2, 0.25) is 0 Å². The van der Waals surface area contributed by atoms with Crippen LogP contribution in [-0.4, -0.2) is 6.04 Å². The Bertz CT molecular complexity index is 220. The van der Waals surface area contributed by atoms with Crippen LogP contribution in [0.4, 0.5) is 0 Å². The molecule has 1 rings (SSSR count). The molecule has 0 saturated heterocycles. The van der Waals surface area contributed by atoms with Crippen molar-refractivity contribution in [2.24, 2.45) is 11.1 Å². The Kier molecular flexibility index (Phi) is 18.7. The fourth-order valence-corrected chi connectivity index (χ4v) is 1.84. The maximum absolute atomic E-state index is 5.84. The molecule has 0 bridgehead atoms. The Labute approximate surface area is 122 Å². The summed E-state index contributed by atoms with van der Waals surface area (Å²) in [6.07, 6.45) is 8.22. The van der Waals surface area contributed by atoms with E-state index in [1.54, 1.807) is 6.08 Å². The van der Waals surface area contributed by atoms with E-state index in [9.17, 15) is 0 Å². The first-order chi connectivity index (χ1) is 9.00. The van der Waals surface area contributed by atoms with Crippen molar-refractivity contribution in [3.05, 3.63) is 37.5 Å². The lowest BCUT2D eigenvalue weighted by Crippen LogP contribution is -2.32. The molecule has 0 radical (unpaired) electrons. The van der Waals surface area contributed by atoms with Crippen LogP contribution in [-0.2, 0) is 0 Å². The van der Waals surface area contributed by atoms with Crippen LogP contribution in [0.3, 0.4) is 0 Å². The topological polar surface area (TPSA) is 26.0 Å². The first kappa shape index (κ1) is 23.3. The van der Waals surface area contributed by atoms with E-state index in [-0.39, 0.29) is 5.41 Å². The van der Waals surface area contributed by atoms with E-state index in [0.717, 1.165) is 12.8 Å². The molecule has 0 heterocycles. The lowest BCUT2D eigenvalue weighted by Gasteiger charge is -2.36. The van der Waals surface area contributed by atoms with Gasteiger partial charge in [0, 0.05) is 6.04 Å². The van der Waals surface area contributed by atoms with Crippen LogP contribution in [0, 0.1) is 5.41 Å². The predicted octanol–water partition coefficient (Wildman–Crippen LogP) is 5.88. The van der Waals surface area contributed by atoms with Crippen molar-refractivity contribution in [1.82, 2.24) is 0 Å². The summed E-state index contributed by atoms with van der Waals surface area (Å²) in [5.74, 6) is 0. The Morgan fingerprint density at radius 3 is 1.68 bits per heavy atom. The average Bonchev–Trinajstić information content (AvgIpc) is 2.46. The second kappa shape index (κ2) is 15.2. The molecule has 0 amide bonds. The van der Waals surface area contributed by atoms with Gasteiger partial charge < -0.3 is 5.73 Å². The molecule has 0 unspecified atom stereocenters. The zero-order chi connectivity index (χ0) is 15.9. The molecule has 0 spiro atoms. The van der Waals surface area contributed by atoms with Gasteiger partial charge in [0.25, 0.3) is 0 Å². The number of hydrogen-bond donors (Lipinski definition) is 1. The van der Waals surface area contributed by atoms with Gasteiger partial charge in [-0.3, -0.25) is 0 Å². The molecular formula is C18H37N. The second-order valence-corrected chi connectivity index (χ2v) is 4.54. The Morgan fingerprint density at radius 2 is 1.42 bits per heavy atom. The highest BCUT2D eigenvalue weighted by Crippen LogP contribution is 2.41. The minimum atomic E-state index is 0.275. The van der Waals surface area contributed by atoms with Crippen LogP contribution >= 0.6 is 0 Å². The van der Waals surface area contributed by atoms with Crippen LogP contribution < -0.4 is 5.73 Å². The molecule has 0 aromatic carbocycles. The molecule has 0 aromatic heterocycles. The number of allylic oxidation sites excluding steroid dienone is 3. The van der Waals surface area contributed by atoms with Gasteiger partial charge in [-0.25, -0.2) is 0 Å². The van der Waals surface area contributed by atoms with Gasteiger partial charge in [0.1, 0.15) is 0 Å². The standard InChI is InChI=1S/C11H19N.C3H6.2C2H6/c1-4-9(2)11(3)7-5-10(12)6-8-11;1-3-2;2*1-2/h4,10H,1-2,5-8,12H2,3H3;3H,1H2,2H3;2*1-2H3. The lowest BCUT2D eigenvalue weighted by molar-refractivity contribution is 0.252. The molecule has 0 atom stereocenters. The maximum Gasteiger partial charge on any atom is 0.00394 e. The number of nitrogens with two attached hydrogens (primary N) is 1. The summed E-state index contributed by atoms with van der Waals surface area (Å²) >= 11 is 0. The Balaban J connectivity index is -0.000000313. The molecule has 1 aliphatic carbocycles. The highest BCUT2D eigenvalue weighted by molar-refractivity contribution is 5.21. The molecule has 1 saturated carbocycles. The van der Waals surface area contributed by atoms with Crippen LogP contribution in [0.25, 0.3) is 0 Å². The molecule has 1 fully saturated rings. The first-order valence-electron chi connectivity index (χ1n) is 7.64. The van der Waals surface area contributed by atoms with Gasteiger partial charge in [-0.1, -0.05) is 59.9 Å². The number of rotatable bonds is 2. The minimum Gasteiger partial charge on any atom is -0.328 e. The van der Waals surface area contributed by atoms with Gasteiger partial charge in [-0.2, -0.15) is 0 Å². The van der Waals surface area contributed by atoms with Crippen molar-refractivity contribution in [1.29, 1.82) is 0 Å². The summed E-state index contributed by atoms with van der Waals surface area (Å²) in [7, 11) is 0. The van der Waals surface area contributed by atoms with E-state index in [1.807, 2.05) is 40.7 Å². The van der Waals surface area contributed by atoms with Crippen molar-refractivity contribution in [2.45, 2.75) is 73.3 Å². The summed E-state index contributed by atoms with van der Waals surface area (Å²) in [6.45, 7) is 23.3. The lowest BCUT2D eigenvalue weighted by atomic mass is 9.70. The fraction of sp³-hybridized carbons (Fsp3) is 0.667. The average molecular weight is 268 g/mol. The highest BCUT2D eigenvalue weighted by atomic mass is 14.6. The molecule has 0 aliphatic heterocycles. The fourth-order valence-electron chi connectivity index (χ4n) is 1.84. The Morgan fingerprint density at radius 1 is 1.11 bits per heavy atom. The molecular weight excluding hydrogens is 230 g/mol. The summed E-state index contributed by atoms with van der Waals surface area (Å²) in [5.41, 5.74) is 7.29. The van der Waals surface area contributed by atoms with E-state index in [1.165, 1.54) is 18.4 Å². The minimum absolute atomic E-state index is 0.275. The molecule has 114 valence electrons. The van der Waals surface area contributed by atoms with Crippen molar-refractivity contribution in [3.63, 3.8) is 0 Å². The van der Waals surface area contributed by atoms with Gasteiger partial charge in [-0.05, 0) is 43.6 Å². The normalized spacial score (nSPS) is 24.1. The van der Waals surface area contributed by atoms with Gasteiger partial charge >= 0.3 is 0 Å². The molecule has 2 N–H and O–H groups in total. The zero-order valence-electron chi connectivity index (χ0n) is 14.3. The van der Waals surface area contributed by atoms with E-state index in [2.05, 4.69) is 26.7 Å². The zero-order valence-corrected chi connectivity index (χ0v) is 14.3. The first-order valence-corrected chi connectivity index (χ1v) is 7.64. The van der Waals surface area contributed by atoms with Crippen molar-refractivity contribution >= 4 is 0 Å². The van der Waals surface area contributed by atoms with Crippen molar-refractivity contribution in [3.8, 4) is 0 Å². The third-order valence-corrected chi connectivity index (χ3v) is 3.16. The quantitative estimate of drug-likeness (QED) is 0.490. The van der Waals surface area contributed by atoms with Crippen molar-refractivity contribution < 1.29 is 0 Å². The SMILES string of the molecule is C=CC.C=CC(=C)C1(C)CCC(N)CC1.CC.CC. The third kappa shape index (κ3) is 10.8. The van der Waals surface area contributed by atoms with Gasteiger partial charge in [0.2, 0.25) is 0 Å². The van der Waals surface area contributed by atoms with E-state index in [0.29, 0.717) is 6.04 Å². The smallest absolute Gasteiger partial charge is 0.00394 e. The molecule has 0 aromatic rings. The van der Waals surface area contributed by atoms with Crippen molar-refractivity contribution in [2.75, 3.05) is 0 Å². The third-order valence-electron chi connectivity index (χ3n) is 3.16. The monoisotopic (exact) mass is 267 g/mol. The molecule has 19 heavy (non-hydrogen) atoms. The predicted molar refractivity (Wildman–Crippen MR) is 92.5 cm³/mol.